The summed E-state index contributed by atoms with van der Waals surface area (Å²) in [5, 5.41) is 20.4. The van der Waals surface area contributed by atoms with Crippen LogP contribution >= 0.6 is 0 Å². The van der Waals surface area contributed by atoms with E-state index in [2.05, 4.69) is 0 Å². The molecule has 0 fully saturated rings. The summed E-state index contributed by atoms with van der Waals surface area (Å²) in [6, 6.07) is 14.3. The minimum absolute atomic E-state index is 0.235. The maximum atomic E-state index is 10.2. The summed E-state index contributed by atoms with van der Waals surface area (Å²) >= 11 is 0. The van der Waals surface area contributed by atoms with Crippen LogP contribution in [0.25, 0.3) is 0 Å². The molecule has 0 saturated carbocycles. The van der Waals surface area contributed by atoms with Crippen molar-refractivity contribution in [3.05, 3.63) is 59.7 Å². The Kier molecular flexibility index (Phi) is 5.20. The second kappa shape index (κ2) is 7.11. The maximum absolute atomic E-state index is 10.2. The van der Waals surface area contributed by atoms with Gasteiger partial charge in [-0.3, -0.25) is 0 Å². The number of rotatable bonds is 6. The van der Waals surface area contributed by atoms with E-state index in [9.17, 15) is 10.2 Å². The number of ether oxygens (including phenoxy) is 2. The van der Waals surface area contributed by atoms with Gasteiger partial charge in [0.15, 0.2) is 0 Å². The second-order valence-electron chi connectivity index (χ2n) is 4.81. The lowest BCUT2D eigenvalue weighted by molar-refractivity contribution is 0.0804. The number of hydrogen-bond acceptors (Lipinski definition) is 4. The van der Waals surface area contributed by atoms with E-state index < -0.39 is 12.2 Å². The first kappa shape index (κ1) is 15.4. The second-order valence-corrected chi connectivity index (χ2v) is 4.81. The Morgan fingerprint density at radius 3 is 1.33 bits per heavy atom. The fraction of sp³-hybridized carbons (Fsp3) is 0.294. The molecule has 21 heavy (non-hydrogen) atoms. The van der Waals surface area contributed by atoms with Crippen LogP contribution in [-0.4, -0.2) is 24.4 Å². The molecule has 4 nitrogen and oxygen atoms in total. The van der Waals surface area contributed by atoms with Crippen LogP contribution in [0.5, 0.6) is 11.5 Å². The van der Waals surface area contributed by atoms with Crippen molar-refractivity contribution in [2.45, 2.75) is 18.6 Å². The largest absolute Gasteiger partial charge is 0.497 e. The topological polar surface area (TPSA) is 58.9 Å². The van der Waals surface area contributed by atoms with Crippen molar-refractivity contribution in [1.29, 1.82) is 0 Å². The highest BCUT2D eigenvalue weighted by Gasteiger charge is 2.15. The molecule has 0 amide bonds. The van der Waals surface area contributed by atoms with Crippen LogP contribution in [0.4, 0.5) is 0 Å². The first-order chi connectivity index (χ1) is 10.1. The van der Waals surface area contributed by atoms with Crippen molar-refractivity contribution in [2.75, 3.05) is 14.2 Å². The molecule has 0 heterocycles. The summed E-state index contributed by atoms with van der Waals surface area (Å²) in [4.78, 5) is 0. The Morgan fingerprint density at radius 1 is 0.714 bits per heavy atom. The molecule has 0 saturated heterocycles. The molecule has 0 unspecified atom stereocenters. The van der Waals surface area contributed by atoms with E-state index in [1.807, 2.05) is 0 Å². The molecule has 0 bridgehead atoms. The fourth-order valence-electron chi connectivity index (χ4n) is 2.14. The van der Waals surface area contributed by atoms with Gasteiger partial charge in [0.25, 0.3) is 0 Å². The lowest BCUT2D eigenvalue weighted by Crippen LogP contribution is -2.05. The van der Waals surface area contributed by atoms with Crippen LogP contribution in [-0.2, 0) is 0 Å². The fourth-order valence-corrected chi connectivity index (χ4v) is 2.14. The van der Waals surface area contributed by atoms with Gasteiger partial charge in [0.05, 0.1) is 26.4 Å². The zero-order valence-electron chi connectivity index (χ0n) is 12.2. The van der Waals surface area contributed by atoms with Crippen LogP contribution in [0.15, 0.2) is 48.5 Å². The monoisotopic (exact) mass is 288 g/mol. The van der Waals surface area contributed by atoms with Gasteiger partial charge in [-0.15, -0.1) is 0 Å². The molecule has 0 aliphatic rings. The number of aliphatic hydroxyl groups is 2. The molecule has 4 heteroatoms. The van der Waals surface area contributed by atoms with Crippen LogP contribution in [0.2, 0.25) is 0 Å². The third-order valence-electron chi connectivity index (χ3n) is 3.45. The summed E-state index contributed by atoms with van der Waals surface area (Å²) < 4.78 is 10.2. The van der Waals surface area contributed by atoms with Crippen molar-refractivity contribution in [3.8, 4) is 11.5 Å². The van der Waals surface area contributed by atoms with Gasteiger partial charge in [-0.1, -0.05) is 24.3 Å². The van der Waals surface area contributed by atoms with Crippen molar-refractivity contribution in [1.82, 2.24) is 0 Å². The van der Waals surface area contributed by atoms with E-state index in [-0.39, 0.29) is 6.42 Å². The Morgan fingerprint density at radius 2 is 1.05 bits per heavy atom. The summed E-state index contributed by atoms with van der Waals surface area (Å²) in [6.45, 7) is 0. The van der Waals surface area contributed by atoms with Gasteiger partial charge in [0.1, 0.15) is 11.5 Å². The number of benzene rings is 2. The van der Waals surface area contributed by atoms with Crippen LogP contribution in [0, 0.1) is 0 Å². The van der Waals surface area contributed by atoms with Gasteiger partial charge in [-0.05, 0) is 35.4 Å². The van der Waals surface area contributed by atoms with Gasteiger partial charge in [0.2, 0.25) is 0 Å². The molecule has 0 aromatic heterocycles. The van der Waals surface area contributed by atoms with E-state index >= 15 is 0 Å². The number of hydrogen-bond donors (Lipinski definition) is 2. The highest BCUT2D eigenvalue weighted by atomic mass is 16.5. The minimum Gasteiger partial charge on any atom is -0.497 e. The zero-order valence-corrected chi connectivity index (χ0v) is 12.2. The van der Waals surface area contributed by atoms with E-state index in [4.69, 9.17) is 9.47 Å². The average molecular weight is 288 g/mol. The third-order valence-corrected chi connectivity index (χ3v) is 3.45. The molecule has 2 N–H and O–H groups in total. The number of methoxy groups -OCH3 is 2. The third kappa shape index (κ3) is 3.97. The van der Waals surface area contributed by atoms with Crippen molar-refractivity contribution in [3.63, 3.8) is 0 Å². The van der Waals surface area contributed by atoms with Gasteiger partial charge in [-0.25, -0.2) is 0 Å². The summed E-state index contributed by atoms with van der Waals surface area (Å²) in [5.41, 5.74) is 1.51. The van der Waals surface area contributed by atoms with E-state index in [0.717, 1.165) is 22.6 Å². The normalized spacial score (nSPS) is 13.5. The van der Waals surface area contributed by atoms with Crippen LogP contribution in [0.1, 0.15) is 29.8 Å². The van der Waals surface area contributed by atoms with Gasteiger partial charge in [-0.2, -0.15) is 0 Å². The highest BCUT2D eigenvalue weighted by Crippen LogP contribution is 2.28. The van der Waals surface area contributed by atoms with Crippen molar-refractivity contribution < 1.29 is 19.7 Å². The predicted octanol–water partition coefficient (Wildman–Crippen LogP) is 2.86. The standard InChI is InChI=1S/C17H20O4/c1-20-14-7-3-12(4-8-14)16(18)11-17(19)13-5-9-15(21-2)10-6-13/h3-10,16-19H,11H2,1-2H3/t16-,17+. The molecule has 2 aromatic carbocycles. The quantitative estimate of drug-likeness (QED) is 0.858. The maximum Gasteiger partial charge on any atom is 0.118 e. The highest BCUT2D eigenvalue weighted by molar-refractivity contribution is 5.30. The first-order valence-corrected chi connectivity index (χ1v) is 6.78. The molecule has 2 aromatic rings. The minimum atomic E-state index is -0.729. The van der Waals surface area contributed by atoms with E-state index in [1.54, 1.807) is 62.8 Å². The molecular weight excluding hydrogens is 268 g/mol. The molecule has 0 aliphatic heterocycles. The van der Waals surface area contributed by atoms with E-state index in [1.165, 1.54) is 0 Å². The van der Waals surface area contributed by atoms with Crippen LogP contribution < -0.4 is 9.47 Å². The molecule has 0 radical (unpaired) electrons. The lowest BCUT2D eigenvalue weighted by Gasteiger charge is -2.17. The van der Waals surface area contributed by atoms with E-state index in [0.29, 0.717) is 0 Å². The zero-order chi connectivity index (χ0) is 15.2. The Labute approximate surface area is 124 Å². The molecular formula is C17H20O4. The summed E-state index contributed by atoms with van der Waals surface area (Å²) in [5.74, 6) is 1.48. The predicted molar refractivity (Wildman–Crippen MR) is 80.5 cm³/mol. The first-order valence-electron chi connectivity index (χ1n) is 6.78. The molecule has 2 atom stereocenters. The SMILES string of the molecule is COc1ccc([C@H](O)C[C@H](O)c2ccc(OC)cc2)cc1. The van der Waals surface area contributed by atoms with Gasteiger partial charge in [0, 0.05) is 6.42 Å². The number of aliphatic hydroxyl groups excluding tert-OH is 2. The summed E-state index contributed by atoms with van der Waals surface area (Å²) in [6.07, 6.45) is -1.22. The lowest BCUT2D eigenvalue weighted by atomic mass is 9.99. The van der Waals surface area contributed by atoms with Crippen molar-refractivity contribution >= 4 is 0 Å². The van der Waals surface area contributed by atoms with Crippen molar-refractivity contribution in [2.24, 2.45) is 0 Å². The Bertz CT molecular complexity index is 497. The van der Waals surface area contributed by atoms with Gasteiger partial charge >= 0.3 is 0 Å². The Hall–Kier alpha value is -2.04. The average Bonchev–Trinajstić information content (AvgIpc) is 2.55. The summed E-state index contributed by atoms with van der Waals surface area (Å²) in [7, 11) is 3.19. The van der Waals surface area contributed by atoms with Gasteiger partial charge < -0.3 is 19.7 Å². The smallest absolute Gasteiger partial charge is 0.118 e. The molecule has 112 valence electrons. The molecule has 2 rings (SSSR count). The Balaban J connectivity index is 2.01. The van der Waals surface area contributed by atoms with Crippen LogP contribution in [0.3, 0.4) is 0 Å². The molecule has 0 spiro atoms. The molecule has 0 aliphatic carbocycles.